The SMILES string of the molecule is COc1ccccc1NC(=O)[C@H]1CCN[C@@H](C)C1. The van der Waals surface area contributed by atoms with E-state index in [2.05, 4.69) is 17.6 Å². The monoisotopic (exact) mass is 248 g/mol. The number of benzene rings is 1. The van der Waals surface area contributed by atoms with Gasteiger partial charge in [0, 0.05) is 12.0 Å². The lowest BCUT2D eigenvalue weighted by atomic mass is 9.92. The number of nitrogens with one attached hydrogen (secondary N) is 2. The Labute approximate surface area is 108 Å². The second-order valence-electron chi connectivity index (χ2n) is 4.77. The van der Waals surface area contributed by atoms with E-state index in [1.165, 1.54) is 0 Å². The van der Waals surface area contributed by atoms with Crippen molar-refractivity contribution in [1.82, 2.24) is 5.32 Å². The number of carbonyl (C=O) groups is 1. The van der Waals surface area contributed by atoms with Crippen molar-refractivity contribution in [2.45, 2.75) is 25.8 Å². The first-order valence-electron chi connectivity index (χ1n) is 6.38. The zero-order valence-electron chi connectivity index (χ0n) is 10.9. The van der Waals surface area contributed by atoms with Gasteiger partial charge in [-0.2, -0.15) is 0 Å². The molecule has 18 heavy (non-hydrogen) atoms. The van der Waals surface area contributed by atoms with Crippen LogP contribution in [-0.4, -0.2) is 25.6 Å². The van der Waals surface area contributed by atoms with E-state index in [-0.39, 0.29) is 11.8 Å². The van der Waals surface area contributed by atoms with Crippen LogP contribution in [0, 0.1) is 5.92 Å². The van der Waals surface area contributed by atoms with Crippen LogP contribution in [-0.2, 0) is 4.79 Å². The molecule has 2 atom stereocenters. The molecule has 0 unspecified atom stereocenters. The minimum absolute atomic E-state index is 0.0890. The van der Waals surface area contributed by atoms with Crippen molar-refractivity contribution in [3.8, 4) is 5.75 Å². The van der Waals surface area contributed by atoms with Crippen molar-refractivity contribution in [3.63, 3.8) is 0 Å². The number of piperidine rings is 1. The molecule has 1 aliphatic rings. The molecule has 1 saturated heterocycles. The fourth-order valence-electron chi connectivity index (χ4n) is 2.35. The molecule has 1 aliphatic heterocycles. The molecule has 1 fully saturated rings. The van der Waals surface area contributed by atoms with Gasteiger partial charge in [-0.1, -0.05) is 12.1 Å². The fourth-order valence-corrected chi connectivity index (χ4v) is 2.35. The Morgan fingerprint density at radius 1 is 1.44 bits per heavy atom. The van der Waals surface area contributed by atoms with Crippen LogP contribution in [0.15, 0.2) is 24.3 Å². The van der Waals surface area contributed by atoms with Crippen LogP contribution in [0.1, 0.15) is 19.8 Å². The van der Waals surface area contributed by atoms with Gasteiger partial charge in [0.2, 0.25) is 5.91 Å². The smallest absolute Gasteiger partial charge is 0.227 e. The predicted molar refractivity (Wildman–Crippen MR) is 71.8 cm³/mol. The van der Waals surface area contributed by atoms with Crippen molar-refractivity contribution in [3.05, 3.63) is 24.3 Å². The van der Waals surface area contributed by atoms with Gasteiger partial charge in [-0.05, 0) is 38.4 Å². The van der Waals surface area contributed by atoms with Crippen molar-refractivity contribution in [1.29, 1.82) is 0 Å². The average molecular weight is 248 g/mol. The van der Waals surface area contributed by atoms with Crippen LogP contribution >= 0.6 is 0 Å². The molecule has 1 amide bonds. The summed E-state index contributed by atoms with van der Waals surface area (Å²) in [5, 5.41) is 6.31. The molecule has 0 radical (unpaired) electrons. The lowest BCUT2D eigenvalue weighted by Gasteiger charge is -2.27. The summed E-state index contributed by atoms with van der Waals surface area (Å²) in [6.45, 7) is 3.02. The van der Waals surface area contributed by atoms with E-state index >= 15 is 0 Å². The van der Waals surface area contributed by atoms with Crippen LogP contribution in [0.3, 0.4) is 0 Å². The Kier molecular flexibility index (Phi) is 4.20. The number of anilines is 1. The standard InChI is InChI=1S/C14H20N2O2/c1-10-9-11(7-8-15-10)14(17)16-12-5-3-4-6-13(12)18-2/h3-6,10-11,15H,7-9H2,1-2H3,(H,16,17)/t10-,11-/m0/s1. The maximum absolute atomic E-state index is 12.2. The predicted octanol–water partition coefficient (Wildman–Crippen LogP) is 2.02. The lowest BCUT2D eigenvalue weighted by molar-refractivity contribution is -0.120. The summed E-state index contributed by atoms with van der Waals surface area (Å²) in [6.07, 6.45) is 1.78. The fraction of sp³-hybridized carbons (Fsp3) is 0.500. The van der Waals surface area contributed by atoms with Crippen LogP contribution in [0.4, 0.5) is 5.69 Å². The van der Waals surface area contributed by atoms with Crippen molar-refractivity contribution < 1.29 is 9.53 Å². The quantitative estimate of drug-likeness (QED) is 0.860. The molecule has 1 aromatic rings. The second-order valence-corrected chi connectivity index (χ2v) is 4.77. The molecule has 0 aliphatic carbocycles. The zero-order valence-corrected chi connectivity index (χ0v) is 10.9. The van der Waals surface area contributed by atoms with Gasteiger partial charge in [0.15, 0.2) is 0 Å². The van der Waals surface area contributed by atoms with Gasteiger partial charge in [0.05, 0.1) is 12.8 Å². The highest BCUT2D eigenvalue weighted by Gasteiger charge is 2.25. The Hall–Kier alpha value is -1.55. The highest BCUT2D eigenvalue weighted by atomic mass is 16.5. The number of hydrogen-bond donors (Lipinski definition) is 2. The van der Waals surface area contributed by atoms with Gasteiger partial charge in [-0.3, -0.25) is 4.79 Å². The number of amides is 1. The van der Waals surface area contributed by atoms with Gasteiger partial charge >= 0.3 is 0 Å². The summed E-state index contributed by atoms with van der Waals surface area (Å²) in [7, 11) is 1.61. The van der Waals surface area contributed by atoms with E-state index in [1.54, 1.807) is 7.11 Å². The summed E-state index contributed by atoms with van der Waals surface area (Å²) in [5.41, 5.74) is 0.746. The van der Waals surface area contributed by atoms with Crippen LogP contribution in [0.5, 0.6) is 5.75 Å². The molecule has 4 heteroatoms. The summed E-state index contributed by atoms with van der Waals surface area (Å²) < 4.78 is 5.23. The highest BCUT2D eigenvalue weighted by molar-refractivity contribution is 5.94. The van der Waals surface area contributed by atoms with E-state index < -0.39 is 0 Å². The molecule has 0 saturated carbocycles. The van der Waals surface area contributed by atoms with Crippen LogP contribution in [0.2, 0.25) is 0 Å². The molecule has 98 valence electrons. The molecule has 4 nitrogen and oxygen atoms in total. The van der Waals surface area contributed by atoms with Crippen molar-refractivity contribution in [2.24, 2.45) is 5.92 Å². The van der Waals surface area contributed by atoms with Gasteiger partial charge in [-0.25, -0.2) is 0 Å². The van der Waals surface area contributed by atoms with E-state index in [4.69, 9.17) is 4.74 Å². The molecule has 2 N–H and O–H groups in total. The van der Waals surface area contributed by atoms with E-state index in [1.807, 2.05) is 24.3 Å². The second kappa shape index (κ2) is 5.87. The number of ether oxygens (including phenoxy) is 1. The minimum Gasteiger partial charge on any atom is -0.495 e. The van der Waals surface area contributed by atoms with Gasteiger partial charge in [0.1, 0.15) is 5.75 Å². The molecule has 0 bridgehead atoms. The molecule has 2 rings (SSSR count). The maximum Gasteiger partial charge on any atom is 0.227 e. The molecule has 0 aromatic heterocycles. The summed E-state index contributed by atoms with van der Waals surface area (Å²) in [4.78, 5) is 12.2. The third-order valence-electron chi connectivity index (χ3n) is 3.36. The molecular formula is C14H20N2O2. The maximum atomic E-state index is 12.2. The van der Waals surface area contributed by atoms with Crippen LogP contribution < -0.4 is 15.4 Å². The van der Waals surface area contributed by atoms with Gasteiger partial charge in [-0.15, -0.1) is 0 Å². The number of hydrogen-bond acceptors (Lipinski definition) is 3. The first-order valence-corrected chi connectivity index (χ1v) is 6.38. The Morgan fingerprint density at radius 2 is 2.22 bits per heavy atom. The van der Waals surface area contributed by atoms with E-state index in [9.17, 15) is 4.79 Å². The number of carbonyl (C=O) groups excluding carboxylic acids is 1. The van der Waals surface area contributed by atoms with Gasteiger partial charge < -0.3 is 15.4 Å². The number of methoxy groups -OCH3 is 1. The number of rotatable bonds is 3. The van der Waals surface area contributed by atoms with E-state index in [0.717, 1.165) is 25.1 Å². The van der Waals surface area contributed by atoms with Gasteiger partial charge in [0.25, 0.3) is 0 Å². The largest absolute Gasteiger partial charge is 0.495 e. The van der Waals surface area contributed by atoms with E-state index in [0.29, 0.717) is 11.8 Å². The molecule has 1 aromatic carbocycles. The Balaban J connectivity index is 2.02. The Morgan fingerprint density at radius 3 is 2.94 bits per heavy atom. The summed E-state index contributed by atoms with van der Waals surface area (Å²) in [5.74, 6) is 0.881. The van der Waals surface area contributed by atoms with Crippen LogP contribution in [0.25, 0.3) is 0 Å². The zero-order chi connectivity index (χ0) is 13.0. The molecule has 0 spiro atoms. The third kappa shape index (κ3) is 3.01. The normalized spacial score (nSPS) is 23.4. The topological polar surface area (TPSA) is 50.4 Å². The Bertz CT molecular complexity index is 420. The summed E-state index contributed by atoms with van der Waals surface area (Å²) >= 11 is 0. The average Bonchev–Trinajstić information content (AvgIpc) is 2.39. The lowest BCUT2D eigenvalue weighted by Crippen LogP contribution is -2.40. The molecular weight excluding hydrogens is 228 g/mol. The highest BCUT2D eigenvalue weighted by Crippen LogP contribution is 2.25. The first-order chi connectivity index (χ1) is 8.70. The van der Waals surface area contributed by atoms with Crippen molar-refractivity contribution >= 4 is 11.6 Å². The van der Waals surface area contributed by atoms with Crippen molar-refractivity contribution in [2.75, 3.05) is 19.0 Å². The third-order valence-corrected chi connectivity index (χ3v) is 3.36. The minimum atomic E-state index is 0.0890. The molecule has 1 heterocycles. The first kappa shape index (κ1) is 12.9. The number of para-hydroxylation sites is 2. The summed E-state index contributed by atoms with van der Waals surface area (Å²) in [6, 6.07) is 7.90.